The lowest BCUT2D eigenvalue weighted by Gasteiger charge is -2.08. The molecule has 0 bridgehead atoms. The second-order valence-electron chi connectivity index (χ2n) is 2.99. The predicted molar refractivity (Wildman–Crippen MR) is 52.4 cm³/mol. The second-order valence-corrected chi connectivity index (χ2v) is 2.99. The largest absolute Gasteiger partial charge is 0.465 e. The minimum Gasteiger partial charge on any atom is -0.465 e. The SMILES string of the molecule is CC(C)Nc1ccnc(NC(=O)O)n1. The molecule has 0 aliphatic carbocycles. The summed E-state index contributed by atoms with van der Waals surface area (Å²) in [5.74, 6) is 0.668. The lowest BCUT2D eigenvalue weighted by Crippen LogP contribution is -2.14. The van der Waals surface area contributed by atoms with Gasteiger partial charge in [0.15, 0.2) is 0 Å². The molecule has 6 nitrogen and oxygen atoms in total. The molecule has 1 amide bonds. The van der Waals surface area contributed by atoms with Crippen LogP contribution < -0.4 is 10.6 Å². The smallest absolute Gasteiger partial charge is 0.411 e. The third kappa shape index (κ3) is 3.26. The molecule has 1 heterocycles. The number of rotatable bonds is 3. The first-order chi connectivity index (χ1) is 6.58. The molecule has 3 N–H and O–H groups in total. The van der Waals surface area contributed by atoms with Gasteiger partial charge in [-0.2, -0.15) is 4.98 Å². The van der Waals surface area contributed by atoms with Gasteiger partial charge in [0.05, 0.1) is 0 Å². The molecule has 1 rings (SSSR count). The van der Waals surface area contributed by atoms with Crippen LogP contribution in [0.1, 0.15) is 13.8 Å². The highest BCUT2D eigenvalue weighted by molar-refractivity contribution is 5.80. The molecule has 0 saturated heterocycles. The zero-order chi connectivity index (χ0) is 10.6. The van der Waals surface area contributed by atoms with Crippen LogP contribution in [0, 0.1) is 0 Å². The van der Waals surface area contributed by atoms with Gasteiger partial charge in [-0.1, -0.05) is 0 Å². The fraction of sp³-hybridized carbons (Fsp3) is 0.375. The maximum Gasteiger partial charge on any atom is 0.411 e. The van der Waals surface area contributed by atoms with E-state index >= 15 is 0 Å². The van der Waals surface area contributed by atoms with Crippen LogP contribution in [0.25, 0.3) is 0 Å². The number of nitrogens with zero attached hydrogens (tertiary/aromatic N) is 2. The van der Waals surface area contributed by atoms with E-state index in [2.05, 4.69) is 20.6 Å². The number of carbonyl (C=O) groups is 1. The Balaban J connectivity index is 2.73. The molecule has 0 saturated carbocycles. The third-order valence-electron chi connectivity index (χ3n) is 1.31. The van der Waals surface area contributed by atoms with E-state index in [1.807, 2.05) is 13.8 Å². The minimum atomic E-state index is -1.17. The molecule has 0 atom stereocenters. The molecule has 1 aromatic heterocycles. The average Bonchev–Trinajstić information content (AvgIpc) is 2.01. The Bertz CT molecular complexity index is 327. The fourth-order valence-electron chi connectivity index (χ4n) is 0.891. The van der Waals surface area contributed by atoms with Crippen molar-refractivity contribution in [2.24, 2.45) is 0 Å². The summed E-state index contributed by atoms with van der Waals surface area (Å²) in [5.41, 5.74) is 0. The van der Waals surface area contributed by atoms with Crippen molar-refractivity contribution in [2.75, 3.05) is 10.6 Å². The van der Waals surface area contributed by atoms with Crippen molar-refractivity contribution in [1.82, 2.24) is 9.97 Å². The standard InChI is InChI=1S/C8H12N4O2/c1-5(2)10-6-3-4-9-7(11-6)12-8(13)14/h3-5H,1-2H3,(H,13,14)(H2,9,10,11,12). The Morgan fingerprint density at radius 2 is 2.29 bits per heavy atom. The number of hydrogen-bond acceptors (Lipinski definition) is 4. The molecule has 0 aliphatic rings. The van der Waals surface area contributed by atoms with Crippen molar-refractivity contribution in [3.05, 3.63) is 12.3 Å². The van der Waals surface area contributed by atoms with E-state index in [-0.39, 0.29) is 12.0 Å². The monoisotopic (exact) mass is 196 g/mol. The van der Waals surface area contributed by atoms with E-state index in [4.69, 9.17) is 5.11 Å². The van der Waals surface area contributed by atoms with Crippen LogP contribution in [-0.2, 0) is 0 Å². The Morgan fingerprint density at radius 3 is 2.86 bits per heavy atom. The summed E-state index contributed by atoms with van der Waals surface area (Å²) in [5, 5.41) is 13.5. The highest BCUT2D eigenvalue weighted by Crippen LogP contribution is 2.06. The van der Waals surface area contributed by atoms with Gasteiger partial charge in [0.1, 0.15) is 5.82 Å². The molecule has 14 heavy (non-hydrogen) atoms. The maximum absolute atomic E-state index is 10.3. The van der Waals surface area contributed by atoms with Crippen molar-refractivity contribution >= 4 is 17.9 Å². The molecule has 0 fully saturated rings. The first kappa shape index (κ1) is 10.2. The normalized spacial score (nSPS) is 9.93. The van der Waals surface area contributed by atoms with Gasteiger partial charge in [-0.3, -0.25) is 5.32 Å². The molecule has 0 unspecified atom stereocenters. The number of carboxylic acid groups (broad SMARTS) is 1. The molecular weight excluding hydrogens is 184 g/mol. The summed E-state index contributed by atoms with van der Waals surface area (Å²) in [6.07, 6.45) is 0.315. The lowest BCUT2D eigenvalue weighted by atomic mass is 10.4. The van der Waals surface area contributed by atoms with Gasteiger partial charge in [0, 0.05) is 12.2 Å². The van der Waals surface area contributed by atoms with Crippen molar-refractivity contribution in [3.8, 4) is 0 Å². The molecule has 76 valence electrons. The van der Waals surface area contributed by atoms with Gasteiger partial charge in [0.2, 0.25) is 5.95 Å². The summed E-state index contributed by atoms with van der Waals surface area (Å²) in [4.78, 5) is 18.0. The van der Waals surface area contributed by atoms with E-state index < -0.39 is 6.09 Å². The average molecular weight is 196 g/mol. The van der Waals surface area contributed by atoms with E-state index in [9.17, 15) is 4.79 Å². The Labute approximate surface area is 81.4 Å². The van der Waals surface area contributed by atoms with Gasteiger partial charge in [-0.25, -0.2) is 9.78 Å². The highest BCUT2D eigenvalue weighted by atomic mass is 16.4. The van der Waals surface area contributed by atoms with Crippen LogP contribution in [-0.4, -0.2) is 27.2 Å². The summed E-state index contributed by atoms with van der Waals surface area (Å²) >= 11 is 0. The van der Waals surface area contributed by atoms with Gasteiger partial charge < -0.3 is 10.4 Å². The zero-order valence-electron chi connectivity index (χ0n) is 7.98. The van der Waals surface area contributed by atoms with Crippen LogP contribution >= 0.6 is 0 Å². The van der Waals surface area contributed by atoms with Crippen molar-refractivity contribution in [2.45, 2.75) is 19.9 Å². The topological polar surface area (TPSA) is 87.1 Å². The van der Waals surface area contributed by atoms with Crippen LogP contribution in [0.5, 0.6) is 0 Å². The van der Waals surface area contributed by atoms with Crippen LogP contribution in [0.15, 0.2) is 12.3 Å². The molecule has 1 aromatic rings. The summed E-state index contributed by atoms with van der Waals surface area (Å²) < 4.78 is 0. The van der Waals surface area contributed by atoms with Crippen molar-refractivity contribution in [3.63, 3.8) is 0 Å². The van der Waals surface area contributed by atoms with Crippen LogP contribution in [0.4, 0.5) is 16.6 Å². The molecular formula is C8H12N4O2. The van der Waals surface area contributed by atoms with E-state index in [1.54, 1.807) is 6.07 Å². The Morgan fingerprint density at radius 1 is 1.57 bits per heavy atom. The number of amides is 1. The maximum atomic E-state index is 10.3. The summed E-state index contributed by atoms with van der Waals surface area (Å²) in [6.45, 7) is 3.93. The first-order valence-electron chi connectivity index (χ1n) is 4.17. The van der Waals surface area contributed by atoms with Gasteiger partial charge in [0.25, 0.3) is 0 Å². The second kappa shape index (κ2) is 4.40. The fourth-order valence-corrected chi connectivity index (χ4v) is 0.891. The molecule has 0 radical (unpaired) electrons. The van der Waals surface area contributed by atoms with Crippen molar-refractivity contribution in [1.29, 1.82) is 0 Å². The zero-order valence-corrected chi connectivity index (χ0v) is 7.98. The van der Waals surface area contributed by atoms with Gasteiger partial charge >= 0.3 is 6.09 Å². The predicted octanol–water partition coefficient (Wildman–Crippen LogP) is 1.39. The molecule has 0 spiro atoms. The van der Waals surface area contributed by atoms with Gasteiger partial charge in [-0.05, 0) is 19.9 Å². The molecule has 0 aromatic carbocycles. The highest BCUT2D eigenvalue weighted by Gasteiger charge is 2.02. The van der Waals surface area contributed by atoms with E-state index in [1.165, 1.54) is 6.20 Å². The van der Waals surface area contributed by atoms with E-state index in [0.717, 1.165) is 0 Å². The number of nitrogens with one attached hydrogen (secondary N) is 2. The van der Waals surface area contributed by atoms with E-state index in [0.29, 0.717) is 5.82 Å². The first-order valence-corrected chi connectivity index (χ1v) is 4.17. The minimum absolute atomic E-state index is 0.0724. The Kier molecular flexibility index (Phi) is 3.22. The third-order valence-corrected chi connectivity index (χ3v) is 1.31. The molecule has 6 heteroatoms. The Hall–Kier alpha value is -1.85. The van der Waals surface area contributed by atoms with Crippen LogP contribution in [0.2, 0.25) is 0 Å². The number of aromatic nitrogens is 2. The van der Waals surface area contributed by atoms with Crippen molar-refractivity contribution < 1.29 is 9.90 Å². The number of hydrogen-bond donors (Lipinski definition) is 3. The van der Waals surface area contributed by atoms with Crippen LogP contribution in [0.3, 0.4) is 0 Å². The summed E-state index contributed by atoms with van der Waals surface area (Å²) in [7, 11) is 0. The summed E-state index contributed by atoms with van der Waals surface area (Å²) in [6, 6.07) is 1.91. The quantitative estimate of drug-likeness (QED) is 0.679. The number of anilines is 2. The van der Waals surface area contributed by atoms with Gasteiger partial charge in [-0.15, -0.1) is 0 Å². The lowest BCUT2D eigenvalue weighted by molar-refractivity contribution is 0.209. The molecule has 0 aliphatic heterocycles.